The summed E-state index contributed by atoms with van der Waals surface area (Å²) >= 11 is 0. The van der Waals surface area contributed by atoms with Gasteiger partial charge in [-0.2, -0.15) is 0 Å². The first-order chi connectivity index (χ1) is 8.43. The molecule has 3 heteroatoms. The van der Waals surface area contributed by atoms with Gasteiger partial charge in [0.25, 0.3) is 0 Å². The number of piperidine rings is 1. The summed E-state index contributed by atoms with van der Waals surface area (Å²) in [4.78, 5) is 7.16. The number of nitrogens with one attached hydrogen (secondary N) is 1. The third-order valence-electron chi connectivity index (χ3n) is 4.19. The van der Waals surface area contributed by atoms with Crippen LogP contribution in [0.15, 0.2) is 24.4 Å². The molecule has 0 bridgehead atoms. The van der Waals surface area contributed by atoms with Crippen LogP contribution >= 0.6 is 0 Å². The highest BCUT2D eigenvalue weighted by atomic mass is 15.2. The van der Waals surface area contributed by atoms with Crippen molar-refractivity contribution in [3.05, 3.63) is 30.1 Å². The van der Waals surface area contributed by atoms with Gasteiger partial charge < -0.3 is 5.32 Å². The molecule has 0 amide bonds. The van der Waals surface area contributed by atoms with Crippen molar-refractivity contribution < 1.29 is 0 Å². The molecule has 3 rings (SSSR count). The highest BCUT2D eigenvalue weighted by Crippen LogP contribution is 2.28. The zero-order chi connectivity index (χ0) is 11.5. The number of rotatable bonds is 2. The van der Waals surface area contributed by atoms with Gasteiger partial charge in [0.05, 0.1) is 0 Å². The number of hydrogen-bond donors (Lipinski definition) is 1. The Morgan fingerprint density at radius 2 is 2.06 bits per heavy atom. The Balaban J connectivity index is 1.57. The largest absolute Gasteiger partial charge is 0.315 e. The van der Waals surface area contributed by atoms with E-state index in [0.717, 1.165) is 6.04 Å². The van der Waals surface area contributed by atoms with E-state index in [1.165, 1.54) is 51.1 Å². The molecule has 2 fully saturated rings. The topological polar surface area (TPSA) is 28.2 Å². The standard InChI is InChI=1S/C14H21N3/c1-2-7-16-14(3-1)12-5-9-17(10-6-12)13-4-8-15-11-13/h1-3,7,12-13,15H,4-6,8-11H2. The highest BCUT2D eigenvalue weighted by Gasteiger charge is 2.27. The van der Waals surface area contributed by atoms with Crippen LogP contribution in [0.1, 0.15) is 30.9 Å². The molecule has 1 unspecified atom stereocenters. The molecule has 92 valence electrons. The normalized spacial score (nSPS) is 27.4. The van der Waals surface area contributed by atoms with Crippen molar-refractivity contribution in [3.63, 3.8) is 0 Å². The van der Waals surface area contributed by atoms with Gasteiger partial charge in [-0.1, -0.05) is 6.07 Å². The van der Waals surface area contributed by atoms with Gasteiger partial charge in [0.1, 0.15) is 0 Å². The third kappa shape index (κ3) is 2.50. The molecule has 1 aromatic rings. The molecule has 0 radical (unpaired) electrons. The fourth-order valence-corrected chi connectivity index (χ4v) is 3.13. The molecule has 2 aliphatic heterocycles. The molecular weight excluding hydrogens is 210 g/mol. The lowest BCUT2D eigenvalue weighted by Gasteiger charge is -2.35. The molecule has 17 heavy (non-hydrogen) atoms. The van der Waals surface area contributed by atoms with Crippen LogP contribution in [-0.4, -0.2) is 42.1 Å². The maximum Gasteiger partial charge on any atom is 0.0435 e. The Morgan fingerprint density at radius 3 is 2.71 bits per heavy atom. The van der Waals surface area contributed by atoms with Crippen LogP contribution in [0.2, 0.25) is 0 Å². The molecular formula is C14H21N3. The van der Waals surface area contributed by atoms with Gasteiger partial charge in [0, 0.05) is 30.4 Å². The number of aromatic nitrogens is 1. The maximum atomic E-state index is 4.49. The van der Waals surface area contributed by atoms with Gasteiger partial charge in [-0.25, -0.2) is 0 Å². The summed E-state index contributed by atoms with van der Waals surface area (Å²) in [6, 6.07) is 7.08. The number of likely N-dealkylation sites (tertiary alicyclic amines) is 1. The third-order valence-corrected chi connectivity index (χ3v) is 4.19. The molecule has 0 aliphatic carbocycles. The summed E-state index contributed by atoms with van der Waals surface area (Å²) < 4.78 is 0. The fraction of sp³-hybridized carbons (Fsp3) is 0.643. The van der Waals surface area contributed by atoms with Crippen molar-refractivity contribution in [2.45, 2.75) is 31.2 Å². The predicted molar refractivity (Wildman–Crippen MR) is 69.1 cm³/mol. The Hall–Kier alpha value is -0.930. The van der Waals surface area contributed by atoms with Crippen LogP contribution in [0.3, 0.4) is 0 Å². The first-order valence-electron chi connectivity index (χ1n) is 6.79. The van der Waals surface area contributed by atoms with Crippen molar-refractivity contribution in [2.24, 2.45) is 0 Å². The second-order valence-corrected chi connectivity index (χ2v) is 5.21. The van der Waals surface area contributed by atoms with Crippen molar-refractivity contribution in [1.29, 1.82) is 0 Å². The van der Waals surface area contributed by atoms with E-state index in [9.17, 15) is 0 Å². The lowest BCUT2D eigenvalue weighted by Crippen LogP contribution is -2.42. The van der Waals surface area contributed by atoms with Crippen LogP contribution in [-0.2, 0) is 0 Å². The first-order valence-corrected chi connectivity index (χ1v) is 6.79. The predicted octanol–water partition coefficient (Wildman–Crippen LogP) is 1.62. The molecule has 0 aromatic carbocycles. The quantitative estimate of drug-likeness (QED) is 0.838. The summed E-state index contributed by atoms with van der Waals surface area (Å²) in [5.74, 6) is 0.682. The Bertz CT molecular complexity index is 338. The number of hydrogen-bond acceptors (Lipinski definition) is 3. The summed E-state index contributed by atoms with van der Waals surface area (Å²) in [6.45, 7) is 4.88. The van der Waals surface area contributed by atoms with E-state index in [-0.39, 0.29) is 0 Å². The summed E-state index contributed by atoms with van der Waals surface area (Å²) in [6.07, 6.45) is 5.79. The van der Waals surface area contributed by atoms with Crippen LogP contribution in [0.5, 0.6) is 0 Å². The number of pyridine rings is 1. The van der Waals surface area contributed by atoms with Crippen molar-refractivity contribution in [1.82, 2.24) is 15.2 Å². The Morgan fingerprint density at radius 1 is 1.18 bits per heavy atom. The van der Waals surface area contributed by atoms with Gasteiger partial charge in [-0.05, 0) is 51.0 Å². The SMILES string of the molecule is c1ccc(C2CCN(C3CCNC3)CC2)nc1. The molecule has 2 saturated heterocycles. The van der Waals surface area contributed by atoms with Crippen molar-refractivity contribution in [3.8, 4) is 0 Å². The lowest BCUT2D eigenvalue weighted by atomic mass is 9.92. The Labute approximate surface area is 103 Å². The molecule has 3 heterocycles. The summed E-state index contributed by atoms with van der Waals surface area (Å²) in [5, 5.41) is 3.46. The van der Waals surface area contributed by atoms with Crippen molar-refractivity contribution >= 4 is 0 Å². The van der Waals surface area contributed by atoms with Gasteiger partial charge in [-0.15, -0.1) is 0 Å². The van der Waals surface area contributed by atoms with E-state index in [2.05, 4.69) is 27.3 Å². The number of nitrogens with zero attached hydrogens (tertiary/aromatic N) is 2. The van der Waals surface area contributed by atoms with Crippen LogP contribution in [0, 0.1) is 0 Å². The zero-order valence-corrected chi connectivity index (χ0v) is 10.3. The van der Waals surface area contributed by atoms with Crippen LogP contribution in [0.4, 0.5) is 0 Å². The Kier molecular flexibility index (Phi) is 3.39. The minimum Gasteiger partial charge on any atom is -0.315 e. The summed E-state index contributed by atoms with van der Waals surface area (Å²) in [5.41, 5.74) is 1.29. The second kappa shape index (κ2) is 5.15. The molecule has 1 atom stereocenters. The smallest absolute Gasteiger partial charge is 0.0435 e. The monoisotopic (exact) mass is 231 g/mol. The highest BCUT2D eigenvalue weighted by molar-refractivity contribution is 5.10. The van der Waals surface area contributed by atoms with E-state index in [1.54, 1.807) is 0 Å². The van der Waals surface area contributed by atoms with Gasteiger partial charge in [0.2, 0.25) is 0 Å². The van der Waals surface area contributed by atoms with Crippen LogP contribution in [0.25, 0.3) is 0 Å². The zero-order valence-electron chi connectivity index (χ0n) is 10.3. The van der Waals surface area contributed by atoms with Gasteiger partial charge in [0.15, 0.2) is 0 Å². The van der Waals surface area contributed by atoms with Crippen LogP contribution < -0.4 is 5.32 Å². The van der Waals surface area contributed by atoms with Crippen molar-refractivity contribution in [2.75, 3.05) is 26.2 Å². The molecule has 0 spiro atoms. The first kappa shape index (κ1) is 11.2. The molecule has 1 N–H and O–H groups in total. The minimum atomic E-state index is 0.682. The minimum absolute atomic E-state index is 0.682. The molecule has 2 aliphatic rings. The second-order valence-electron chi connectivity index (χ2n) is 5.21. The van der Waals surface area contributed by atoms with E-state index in [0.29, 0.717) is 5.92 Å². The molecule has 3 nitrogen and oxygen atoms in total. The fourth-order valence-electron chi connectivity index (χ4n) is 3.13. The van der Waals surface area contributed by atoms with E-state index < -0.39 is 0 Å². The molecule has 1 aromatic heterocycles. The van der Waals surface area contributed by atoms with E-state index in [1.807, 2.05) is 12.3 Å². The maximum absolute atomic E-state index is 4.49. The summed E-state index contributed by atoms with van der Waals surface area (Å²) in [7, 11) is 0. The van der Waals surface area contributed by atoms with E-state index in [4.69, 9.17) is 0 Å². The lowest BCUT2D eigenvalue weighted by molar-refractivity contribution is 0.160. The average Bonchev–Trinajstić information content (AvgIpc) is 2.94. The molecule has 0 saturated carbocycles. The van der Waals surface area contributed by atoms with Gasteiger partial charge >= 0.3 is 0 Å². The average molecular weight is 231 g/mol. The van der Waals surface area contributed by atoms with E-state index >= 15 is 0 Å². The van der Waals surface area contributed by atoms with Gasteiger partial charge in [-0.3, -0.25) is 9.88 Å².